The van der Waals surface area contributed by atoms with E-state index in [2.05, 4.69) is 10.3 Å². The van der Waals surface area contributed by atoms with E-state index in [0.29, 0.717) is 11.4 Å². The normalized spacial score (nSPS) is 11.3. The van der Waals surface area contributed by atoms with Crippen molar-refractivity contribution in [3.63, 3.8) is 0 Å². The zero-order valence-electron chi connectivity index (χ0n) is 12.1. The topological polar surface area (TPSA) is 94.2 Å². The van der Waals surface area contributed by atoms with Gasteiger partial charge in [0.05, 0.1) is 5.69 Å². The Balaban J connectivity index is 1.82. The molecular weight excluding hydrogens is 318 g/mol. The Labute approximate surface area is 132 Å². The van der Waals surface area contributed by atoms with E-state index in [1.165, 1.54) is 30.7 Å². The molecule has 3 rings (SSSR count). The van der Waals surface area contributed by atoms with Gasteiger partial charge in [-0.25, -0.2) is 3.97 Å². The summed E-state index contributed by atoms with van der Waals surface area (Å²) in [6.45, 7) is 1.66. The van der Waals surface area contributed by atoms with Gasteiger partial charge in [-0.3, -0.25) is 9.78 Å². The van der Waals surface area contributed by atoms with Crippen molar-refractivity contribution < 1.29 is 17.6 Å². The van der Waals surface area contributed by atoms with Crippen LogP contribution in [0.3, 0.4) is 0 Å². The first kappa shape index (κ1) is 15.0. The highest BCUT2D eigenvalue weighted by Crippen LogP contribution is 2.19. The lowest BCUT2D eigenvalue weighted by atomic mass is 10.3. The average molecular weight is 331 g/mol. The van der Waals surface area contributed by atoms with E-state index in [9.17, 15) is 13.2 Å². The number of aromatic nitrogens is 2. The minimum absolute atomic E-state index is 0.159. The fourth-order valence-corrected chi connectivity index (χ4v) is 3.11. The molecule has 3 aromatic rings. The molecule has 118 valence electrons. The van der Waals surface area contributed by atoms with Crippen LogP contribution >= 0.6 is 0 Å². The van der Waals surface area contributed by atoms with Crippen molar-refractivity contribution in [2.24, 2.45) is 0 Å². The third-order valence-electron chi connectivity index (χ3n) is 3.07. The fraction of sp³-hybridized carbons (Fsp3) is 0.0667. The number of pyridine rings is 1. The minimum atomic E-state index is -3.81. The second kappa shape index (κ2) is 5.73. The monoisotopic (exact) mass is 331 g/mol. The Hall–Kier alpha value is -2.87. The maximum Gasteiger partial charge on any atom is 0.301 e. The maximum absolute atomic E-state index is 12.4. The molecule has 0 aliphatic rings. The number of nitrogens with one attached hydrogen (secondary N) is 1. The van der Waals surface area contributed by atoms with Crippen LogP contribution in [-0.4, -0.2) is 23.3 Å². The third-order valence-corrected chi connectivity index (χ3v) is 4.58. The second-order valence-corrected chi connectivity index (χ2v) is 6.54. The number of carbonyl (C=O) groups is 1. The summed E-state index contributed by atoms with van der Waals surface area (Å²) in [5.41, 5.74) is 0.581. The number of hydrogen-bond acceptors (Lipinski definition) is 5. The molecule has 8 heteroatoms. The SMILES string of the molecule is Cc1ccc(S(=O)(=O)n2ccc(NC(=O)c3ccccn3)c2)o1. The molecule has 3 heterocycles. The number of rotatable bonds is 4. The van der Waals surface area contributed by atoms with Gasteiger partial charge in [0.1, 0.15) is 11.5 Å². The standard InChI is InChI=1S/C15H13N3O4S/c1-11-5-6-14(22-11)23(20,21)18-9-7-12(10-18)17-15(19)13-4-2-3-8-16-13/h2-10H,1H3,(H,17,19). The van der Waals surface area contributed by atoms with Crippen LogP contribution in [0.2, 0.25) is 0 Å². The predicted octanol–water partition coefficient (Wildman–Crippen LogP) is 2.27. The zero-order valence-corrected chi connectivity index (χ0v) is 12.9. The Morgan fingerprint density at radius 1 is 1.22 bits per heavy atom. The quantitative estimate of drug-likeness (QED) is 0.791. The number of furan rings is 1. The lowest BCUT2D eigenvalue weighted by Crippen LogP contribution is -2.13. The molecule has 0 fully saturated rings. The third kappa shape index (κ3) is 3.02. The fourth-order valence-electron chi connectivity index (χ4n) is 1.95. The van der Waals surface area contributed by atoms with Crippen LogP contribution in [0, 0.1) is 6.92 Å². The lowest BCUT2D eigenvalue weighted by Gasteiger charge is -2.03. The van der Waals surface area contributed by atoms with Gasteiger partial charge in [0.2, 0.25) is 5.09 Å². The van der Waals surface area contributed by atoms with Gasteiger partial charge in [0.15, 0.2) is 0 Å². The van der Waals surface area contributed by atoms with Crippen molar-refractivity contribution in [1.82, 2.24) is 8.96 Å². The number of anilines is 1. The summed E-state index contributed by atoms with van der Waals surface area (Å²) in [6.07, 6.45) is 4.14. The predicted molar refractivity (Wildman–Crippen MR) is 82.7 cm³/mol. The molecule has 1 amide bonds. The molecule has 0 radical (unpaired) electrons. The van der Waals surface area contributed by atoms with Crippen LogP contribution in [0.15, 0.2) is 64.5 Å². The number of aryl methyl sites for hydroxylation is 1. The van der Waals surface area contributed by atoms with E-state index in [-0.39, 0.29) is 10.8 Å². The molecular formula is C15H13N3O4S. The average Bonchev–Trinajstić information content (AvgIpc) is 3.18. The van der Waals surface area contributed by atoms with Crippen molar-refractivity contribution in [2.75, 3.05) is 5.32 Å². The molecule has 0 bridgehead atoms. The van der Waals surface area contributed by atoms with Crippen LogP contribution in [0.5, 0.6) is 0 Å². The van der Waals surface area contributed by atoms with Gasteiger partial charge in [-0.05, 0) is 37.3 Å². The summed E-state index contributed by atoms with van der Waals surface area (Å²) in [7, 11) is -3.81. The minimum Gasteiger partial charge on any atom is -0.448 e. The molecule has 1 N–H and O–H groups in total. The smallest absolute Gasteiger partial charge is 0.301 e. The largest absolute Gasteiger partial charge is 0.448 e. The summed E-state index contributed by atoms with van der Waals surface area (Å²) in [5.74, 6) is 0.0778. The Kier molecular flexibility index (Phi) is 3.75. The first-order chi connectivity index (χ1) is 11.0. The summed E-state index contributed by atoms with van der Waals surface area (Å²) in [5, 5.41) is 2.43. The van der Waals surface area contributed by atoms with Crippen LogP contribution in [-0.2, 0) is 10.0 Å². The molecule has 0 atom stereocenters. The first-order valence-electron chi connectivity index (χ1n) is 6.69. The van der Waals surface area contributed by atoms with Gasteiger partial charge in [0.25, 0.3) is 5.91 Å². The van der Waals surface area contributed by atoms with Crippen LogP contribution in [0.1, 0.15) is 16.2 Å². The van der Waals surface area contributed by atoms with Crippen LogP contribution in [0.4, 0.5) is 5.69 Å². The molecule has 0 aliphatic carbocycles. The number of hydrogen-bond donors (Lipinski definition) is 1. The van der Waals surface area contributed by atoms with Crippen molar-refractivity contribution in [3.8, 4) is 0 Å². The zero-order chi connectivity index (χ0) is 16.4. The Morgan fingerprint density at radius 3 is 2.70 bits per heavy atom. The highest BCUT2D eigenvalue weighted by atomic mass is 32.2. The highest BCUT2D eigenvalue weighted by Gasteiger charge is 2.21. The van der Waals surface area contributed by atoms with Crippen LogP contribution < -0.4 is 5.32 Å². The van der Waals surface area contributed by atoms with Gasteiger partial charge < -0.3 is 9.73 Å². The molecule has 0 saturated heterocycles. The molecule has 0 saturated carbocycles. The molecule has 3 aromatic heterocycles. The molecule has 23 heavy (non-hydrogen) atoms. The van der Waals surface area contributed by atoms with Gasteiger partial charge in [-0.2, -0.15) is 8.42 Å². The summed E-state index contributed by atoms with van der Waals surface area (Å²) < 4.78 is 30.9. The number of nitrogens with zero attached hydrogens (tertiary/aromatic N) is 2. The van der Waals surface area contributed by atoms with Gasteiger partial charge in [-0.15, -0.1) is 0 Å². The van der Waals surface area contributed by atoms with Crippen molar-refractivity contribution in [3.05, 3.63) is 66.4 Å². The van der Waals surface area contributed by atoms with Crippen molar-refractivity contribution >= 4 is 21.6 Å². The summed E-state index contributed by atoms with van der Waals surface area (Å²) >= 11 is 0. The second-order valence-electron chi connectivity index (χ2n) is 4.77. The maximum atomic E-state index is 12.4. The van der Waals surface area contributed by atoms with E-state index in [1.807, 2.05) is 0 Å². The van der Waals surface area contributed by atoms with Gasteiger partial charge >= 0.3 is 10.0 Å². The van der Waals surface area contributed by atoms with E-state index in [4.69, 9.17) is 4.42 Å². The highest BCUT2D eigenvalue weighted by molar-refractivity contribution is 7.89. The van der Waals surface area contributed by atoms with Gasteiger partial charge in [-0.1, -0.05) is 6.07 Å². The first-order valence-corrected chi connectivity index (χ1v) is 8.13. The summed E-state index contributed by atoms with van der Waals surface area (Å²) in [6, 6.07) is 9.39. The molecule has 7 nitrogen and oxygen atoms in total. The van der Waals surface area contributed by atoms with Crippen molar-refractivity contribution in [2.45, 2.75) is 12.0 Å². The van der Waals surface area contributed by atoms with E-state index < -0.39 is 15.9 Å². The van der Waals surface area contributed by atoms with E-state index >= 15 is 0 Å². The van der Waals surface area contributed by atoms with Crippen LogP contribution in [0.25, 0.3) is 0 Å². The Morgan fingerprint density at radius 2 is 2.04 bits per heavy atom. The van der Waals surface area contributed by atoms with E-state index in [0.717, 1.165) is 3.97 Å². The molecule has 0 aromatic carbocycles. The van der Waals surface area contributed by atoms with E-state index in [1.54, 1.807) is 31.2 Å². The van der Waals surface area contributed by atoms with Crippen molar-refractivity contribution in [1.29, 1.82) is 0 Å². The molecule has 0 spiro atoms. The summed E-state index contributed by atoms with van der Waals surface area (Å²) in [4.78, 5) is 15.9. The molecule has 0 unspecified atom stereocenters. The number of amides is 1. The number of carbonyl (C=O) groups excluding carboxylic acids is 1. The Bertz CT molecular complexity index is 942. The van der Waals surface area contributed by atoms with Gasteiger partial charge in [0, 0.05) is 18.6 Å². The lowest BCUT2D eigenvalue weighted by molar-refractivity contribution is 0.102. The molecule has 0 aliphatic heterocycles.